The number of hydrogen-bond donors (Lipinski definition) is 0. The first-order valence-corrected chi connectivity index (χ1v) is 12.1. The van der Waals surface area contributed by atoms with Crippen molar-refractivity contribution in [1.82, 2.24) is 9.47 Å². The van der Waals surface area contributed by atoms with E-state index in [2.05, 4.69) is 46.9 Å². The van der Waals surface area contributed by atoms with Crippen molar-refractivity contribution in [2.45, 2.75) is 44.3 Å². The molecule has 3 unspecified atom stereocenters. The van der Waals surface area contributed by atoms with Crippen LogP contribution in [0.2, 0.25) is 18.6 Å². The molecule has 0 amide bonds. The lowest BCUT2D eigenvalue weighted by Crippen LogP contribution is -2.63. The maximum atomic E-state index is 4.95. The van der Waals surface area contributed by atoms with Gasteiger partial charge in [-0.05, 0) is 36.6 Å². The van der Waals surface area contributed by atoms with Crippen LogP contribution in [0.25, 0.3) is 0 Å². The van der Waals surface area contributed by atoms with Crippen molar-refractivity contribution in [1.29, 1.82) is 0 Å². The predicted octanol–water partition coefficient (Wildman–Crippen LogP) is 3.48. The van der Waals surface area contributed by atoms with E-state index in [0.29, 0.717) is 0 Å². The number of hydrogen-bond acceptors (Lipinski definition) is 3. The number of fused-ring (bicyclic) bond motifs is 2. The standard InChI is InChI=1S/C18H29N3Si/c1-22(2,17-10-9-15-7-3-4-8-16(15)17)21-14-6-13-20-12-5-11-19-18(20)21/h3-4,7-8,15-17H,5-6,9-14H2,1-2H3. The van der Waals surface area contributed by atoms with Gasteiger partial charge >= 0.3 is 0 Å². The Morgan fingerprint density at radius 2 is 1.86 bits per heavy atom. The fourth-order valence-corrected chi connectivity index (χ4v) is 9.19. The lowest BCUT2D eigenvalue weighted by molar-refractivity contribution is 0.293. The highest BCUT2D eigenvalue weighted by molar-refractivity contribution is 6.78. The molecule has 3 atom stereocenters. The number of rotatable bonds is 2. The van der Waals surface area contributed by atoms with Gasteiger partial charge in [0.15, 0.2) is 14.2 Å². The summed E-state index contributed by atoms with van der Waals surface area (Å²) in [6.45, 7) is 9.92. The van der Waals surface area contributed by atoms with E-state index in [1.807, 2.05) is 0 Å². The van der Waals surface area contributed by atoms with Gasteiger partial charge in [-0.3, -0.25) is 4.99 Å². The van der Waals surface area contributed by atoms with Gasteiger partial charge in [-0.1, -0.05) is 43.8 Å². The zero-order valence-electron chi connectivity index (χ0n) is 14.0. The minimum atomic E-state index is -1.51. The Kier molecular flexibility index (Phi) is 3.67. The summed E-state index contributed by atoms with van der Waals surface area (Å²) in [6.07, 6.45) is 14.8. The summed E-state index contributed by atoms with van der Waals surface area (Å²) in [5, 5.41) is 0. The first-order valence-electron chi connectivity index (χ1n) is 9.10. The van der Waals surface area contributed by atoms with Crippen LogP contribution >= 0.6 is 0 Å². The first kappa shape index (κ1) is 14.6. The summed E-state index contributed by atoms with van der Waals surface area (Å²) >= 11 is 0. The molecule has 22 heavy (non-hydrogen) atoms. The molecule has 1 saturated heterocycles. The SMILES string of the molecule is C[Si](C)(C1CCC2C=CC=CC21)N1CCCN2CCCN=C21. The molecule has 0 aromatic heterocycles. The molecule has 4 rings (SSSR count). The first-order chi connectivity index (χ1) is 10.7. The van der Waals surface area contributed by atoms with Gasteiger partial charge in [0.05, 0.1) is 0 Å². The van der Waals surface area contributed by atoms with Gasteiger partial charge in [0.2, 0.25) is 0 Å². The van der Waals surface area contributed by atoms with Crippen LogP contribution in [0.1, 0.15) is 25.7 Å². The molecule has 120 valence electrons. The van der Waals surface area contributed by atoms with Crippen molar-refractivity contribution in [3.8, 4) is 0 Å². The molecule has 1 saturated carbocycles. The Bertz CT molecular complexity index is 522. The molecular weight excluding hydrogens is 286 g/mol. The summed E-state index contributed by atoms with van der Waals surface area (Å²) < 4.78 is 2.79. The molecule has 0 N–H and O–H groups in total. The van der Waals surface area contributed by atoms with Crippen molar-refractivity contribution in [2.24, 2.45) is 16.8 Å². The zero-order valence-corrected chi connectivity index (χ0v) is 15.0. The highest BCUT2D eigenvalue weighted by atomic mass is 28.3. The maximum absolute atomic E-state index is 4.95. The average Bonchev–Trinajstić information content (AvgIpc) is 2.99. The third kappa shape index (κ3) is 2.27. The van der Waals surface area contributed by atoms with Crippen LogP contribution < -0.4 is 0 Å². The van der Waals surface area contributed by atoms with Crippen LogP contribution in [0.15, 0.2) is 29.3 Å². The molecule has 0 radical (unpaired) electrons. The second kappa shape index (κ2) is 5.55. The summed E-state index contributed by atoms with van der Waals surface area (Å²) in [6, 6.07) is 0. The fourth-order valence-electron chi connectivity index (χ4n) is 5.15. The molecule has 0 bridgehead atoms. The number of aliphatic imine (C=N–C) groups is 1. The topological polar surface area (TPSA) is 18.8 Å². The number of nitrogens with zero attached hydrogens (tertiary/aromatic N) is 3. The van der Waals surface area contributed by atoms with Crippen LogP contribution in [-0.4, -0.2) is 49.8 Å². The zero-order chi connectivity index (χ0) is 15.2. The normalized spacial score (nSPS) is 34.5. The van der Waals surface area contributed by atoms with E-state index in [1.54, 1.807) is 0 Å². The van der Waals surface area contributed by atoms with Gasteiger partial charge < -0.3 is 9.47 Å². The van der Waals surface area contributed by atoms with E-state index < -0.39 is 8.24 Å². The number of guanidine groups is 1. The molecule has 2 heterocycles. The average molecular weight is 316 g/mol. The molecule has 3 nitrogen and oxygen atoms in total. The lowest BCUT2D eigenvalue weighted by Gasteiger charge is -2.51. The van der Waals surface area contributed by atoms with Crippen LogP contribution in [0.5, 0.6) is 0 Å². The molecule has 4 aliphatic rings. The molecule has 0 aromatic carbocycles. The van der Waals surface area contributed by atoms with Crippen LogP contribution in [0.3, 0.4) is 0 Å². The molecule has 0 spiro atoms. The lowest BCUT2D eigenvalue weighted by atomic mass is 9.92. The van der Waals surface area contributed by atoms with E-state index in [4.69, 9.17) is 4.99 Å². The van der Waals surface area contributed by atoms with Crippen molar-refractivity contribution < 1.29 is 0 Å². The van der Waals surface area contributed by atoms with Crippen LogP contribution in [0, 0.1) is 11.8 Å². The smallest absolute Gasteiger partial charge is 0.188 e. The highest BCUT2D eigenvalue weighted by Gasteiger charge is 2.49. The van der Waals surface area contributed by atoms with Gasteiger partial charge in [0.1, 0.15) is 0 Å². The molecule has 2 aliphatic carbocycles. The van der Waals surface area contributed by atoms with E-state index in [9.17, 15) is 0 Å². The Morgan fingerprint density at radius 1 is 1.05 bits per heavy atom. The van der Waals surface area contributed by atoms with Crippen molar-refractivity contribution in [3.05, 3.63) is 24.3 Å². The molecule has 0 aromatic rings. The minimum Gasteiger partial charge on any atom is -0.370 e. The molecule has 2 fully saturated rings. The Morgan fingerprint density at radius 3 is 2.77 bits per heavy atom. The van der Waals surface area contributed by atoms with Gasteiger partial charge in [-0.15, -0.1) is 0 Å². The van der Waals surface area contributed by atoms with Crippen molar-refractivity contribution in [3.63, 3.8) is 0 Å². The van der Waals surface area contributed by atoms with Crippen molar-refractivity contribution >= 4 is 14.2 Å². The highest BCUT2D eigenvalue weighted by Crippen LogP contribution is 2.50. The second-order valence-electron chi connectivity index (χ2n) is 7.88. The minimum absolute atomic E-state index is 0.784. The van der Waals surface area contributed by atoms with Gasteiger partial charge in [0, 0.05) is 26.2 Å². The third-order valence-electron chi connectivity index (χ3n) is 6.35. The summed E-state index contributed by atoms with van der Waals surface area (Å²) in [4.78, 5) is 7.51. The summed E-state index contributed by atoms with van der Waals surface area (Å²) in [5.41, 5.74) is 0.878. The monoisotopic (exact) mass is 315 g/mol. The van der Waals surface area contributed by atoms with E-state index in [0.717, 1.165) is 23.9 Å². The van der Waals surface area contributed by atoms with E-state index in [-0.39, 0.29) is 0 Å². The molecule has 4 heteroatoms. The third-order valence-corrected chi connectivity index (χ3v) is 10.7. The van der Waals surface area contributed by atoms with Gasteiger partial charge in [-0.2, -0.15) is 0 Å². The van der Waals surface area contributed by atoms with E-state index in [1.165, 1.54) is 51.3 Å². The van der Waals surface area contributed by atoms with E-state index >= 15 is 0 Å². The Balaban J connectivity index is 1.61. The summed E-state index contributed by atoms with van der Waals surface area (Å²) in [5.74, 6) is 2.94. The second-order valence-corrected chi connectivity index (χ2v) is 12.5. The van der Waals surface area contributed by atoms with Crippen LogP contribution in [0.4, 0.5) is 0 Å². The van der Waals surface area contributed by atoms with Gasteiger partial charge in [-0.25, -0.2) is 0 Å². The molecular formula is C18H29N3Si. The quantitative estimate of drug-likeness (QED) is 0.727. The Labute approximate surface area is 135 Å². The summed E-state index contributed by atoms with van der Waals surface area (Å²) in [7, 11) is -1.51. The van der Waals surface area contributed by atoms with Crippen molar-refractivity contribution in [2.75, 3.05) is 26.2 Å². The number of allylic oxidation sites excluding steroid dienone is 4. The fraction of sp³-hybridized carbons (Fsp3) is 0.722. The maximum Gasteiger partial charge on any atom is 0.188 e. The van der Waals surface area contributed by atoms with Crippen LogP contribution in [-0.2, 0) is 0 Å². The Hall–Kier alpha value is -1.03. The molecule has 2 aliphatic heterocycles. The largest absolute Gasteiger partial charge is 0.370 e. The van der Waals surface area contributed by atoms with Gasteiger partial charge in [0.25, 0.3) is 0 Å². The predicted molar refractivity (Wildman–Crippen MR) is 95.5 cm³/mol.